The first kappa shape index (κ1) is 21.4. The first-order valence-corrected chi connectivity index (χ1v) is 10.8. The molecule has 1 aromatic rings. The highest BCUT2D eigenvalue weighted by Gasteiger charge is 2.38. The zero-order chi connectivity index (χ0) is 20.7. The molecule has 2 fully saturated rings. The van der Waals surface area contributed by atoms with Crippen molar-refractivity contribution in [1.29, 1.82) is 0 Å². The molecule has 1 spiro atoms. The van der Waals surface area contributed by atoms with Gasteiger partial charge in [0.05, 0.1) is 0 Å². The zero-order valence-electron chi connectivity index (χ0n) is 18.1. The maximum Gasteiger partial charge on any atom is 0.0370 e. The Morgan fingerprint density at radius 1 is 1.24 bits per heavy atom. The van der Waals surface area contributed by atoms with Gasteiger partial charge < -0.3 is 16.0 Å². The third-order valence-electron chi connectivity index (χ3n) is 6.53. The van der Waals surface area contributed by atoms with E-state index in [1.54, 1.807) is 13.3 Å². The number of allylic oxidation sites excluding steroid dienone is 3. The SMILES string of the molecule is C=C(/C=C\C=NC)/C(N)=C(\C)CCc1ccc(N2CCC3(CCNCC3)C2)cc1. The topological polar surface area (TPSA) is 53.6 Å². The summed E-state index contributed by atoms with van der Waals surface area (Å²) >= 11 is 0. The van der Waals surface area contributed by atoms with E-state index in [-0.39, 0.29) is 0 Å². The molecule has 0 unspecified atom stereocenters. The van der Waals surface area contributed by atoms with Gasteiger partial charge in [0.25, 0.3) is 0 Å². The van der Waals surface area contributed by atoms with Gasteiger partial charge in [-0.3, -0.25) is 4.99 Å². The van der Waals surface area contributed by atoms with Crippen molar-refractivity contribution in [2.45, 2.75) is 39.0 Å². The van der Waals surface area contributed by atoms with Gasteiger partial charge in [0.1, 0.15) is 0 Å². The fraction of sp³-hybridized carbons (Fsp3) is 0.480. The van der Waals surface area contributed by atoms with Gasteiger partial charge in [0, 0.05) is 37.7 Å². The van der Waals surface area contributed by atoms with E-state index in [2.05, 4.69) is 53.0 Å². The highest BCUT2D eigenvalue weighted by molar-refractivity contribution is 5.72. The van der Waals surface area contributed by atoms with Gasteiger partial charge in [-0.05, 0) is 92.5 Å². The predicted molar refractivity (Wildman–Crippen MR) is 126 cm³/mol. The second kappa shape index (κ2) is 9.93. The third-order valence-corrected chi connectivity index (χ3v) is 6.53. The van der Waals surface area contributed by atoms with Gasteiger partial charge in [0.15, 0.2) is 0 Å². The van der Waals surface area contributed by atoms with Gasteiger partial charge in [-0.1, -0.05) is 24.8 Å². The molecule has 0 aliphatic carbocycles. The molecule has 156 valence electrons. The molecule has 0 saturated carbocycles. The van der Waals surface area contributed by atoms with Gasteiger partial charge in [-0.25, -0.2) is 0 Å². The molecular weight excluding hydrogens is 356 g/mol. The molecule has 2 heterocycles. The van der Waals surface area contributed by atoms with Crippen LogP contribution in [0.5, 0.6) is 0 Å². The maximum atomic E-state index is 6.26. The van der Waals surface area contributed by atoms with Crippen molar-refractivity contribution in [2.24, 2.45) is 16.1 Å². The van der Waals surface area contributed by atoms with Crippen LogP contribution in [0.25, 0.3) is 0 Å². The first-order valence-electron chi connectivity index (χ1n) is 10.8. The Balaban J connectivity index is 1.54. The van der Waals surface area contributed by atoms with E-state index in [0.717, 1.165) is 24.1 Å². The average Bonchev–Trinajstić information content (AvgIpc) is 3.15. The Morgan fingerprint density at radius 2 is 1.97 bits per heavy atom. The summed E-state index contributed by atoms with van der Waals surface area (Å²) in [6, 6.07) is 9.14. The largest absolute Gasteiger partial charge is 0.398 e. The number of aliphatic imine (C=N–C) groups is 1. The van der Waals surface area contributed by atoms with E-state index in [1.165, 1.54) is 62.3 Å². The summed E-state index contributed by atoms with van der Waals surface area (Å²) in [7, 11) is 1.75. The number of benzene rings is 1. The summed E-state index contributed by atoms with van der Waals surface area (Å²) in [4.78, 5) is 6.51. The van der Waals surface area contributed by atoms with Crippen LogP contribution in [0.4, 0.5) is 5.69 Å². The minimum absolute atomic E-state index is 0.545. The predicted octanol–water partition coefficient (Wildman–Crippen LogP) is 4.24. The van der Waals surface area contributed by atoms with E-state index in [0.29, 0.717) is 5.41 Å². The van der Waals surface area contributed by atoms with Crippen molar-refractivity contribution in [3.63, 3.8) is 0 Å². The highest BCUT2D eigenvalue weighted by Crippen LogP contribution is 2.40. The van der Waals surface area contributed by atoms with Gasteiger partial charge in [-0.2, -0.15) is 0 Å². The number of hydrogen-bond donors (Lipinski definition) is 2. The standard InChI is InChI=1S/C25H36N4/c1-20(5-4-15-27-3)24(26)21(2)6-7-22-8-10-23(11-9-22)29-18-14-25(19-29)12-16-28-17-13-25/h4-5,8-11,15,28H,1,6-7,12-14,16-19,26H2,2-3H3/b5-4-,24-21-,27-15?. The molecule has 2 saturated heterocycles. The summed E-state index contributed by atoms with van der Waals surface area (Å²) in [6.45, 7) is 10.9. The molecule has 2 aliphatic rings. The Hall–Kier alpha value is -2.33. The fourth-order valence-electron chi connectivity index (χ4n) is 4.47. The van der Waals surface area contributed by atoms with Gasteiger partial charge >= 0.3 is 0 Å². The summed E-state index contributed by atoms with van der Waals surface area (Å²) in [5.74, 6) is 0. The molecule has 1 aromatic carbocycles. The van der Waals surface area contributed by atoms with Crippen molar-refractivity contribution >= 4 is 11.9 Å². The van der Waals surface area contributed by atoms with Crippen LogP contribution in [0.15, 0.2) is 64.8 Å². The zero-order valence-corrected chi connectivity index (χ0v) is 18.1. The highest BCUT2D eigenvalue weighted by atomic mass is 15.2. The third kappa shape index (κ3) is 5.60. The van der Waals surface area contributed by atoms with Crippen LogP contribution < -0.4 is 16.0 Å². The second-order valence-electron chi connectivity index (χ2n) is 8.57. The van der Waals surface area contributed by atoms with Crippen LogP contribution in [-0.2, 0) is 6.42 Å². The van der Waals surface area contributed by atoms with Crippen LogP contribution in [0.1, 0.15) is 38.2 Å². The van der Waals surface area contributed by atoms with Crippen molar-refractivity contribution in [3.05, 3.63) is 65.4 Å². The number of nitrogens with zero attached hydrogens (tertiary/aromatic N) is 2. The van der Waals surface area contributed by atoms with Crippen LogP contribution in [0.2, 0.25) is 0 Å². The van der Waals surface area contributed by atoms with Crippen LogP contribution in [0.3, 0.4) is 0 Å². The number of piperidine rings is 1. The number of anilines is 1. The van der Waals surface area contributed by atoms with Gasteiger partial charge in [-0.15, -0.1) is 0 Å². The number of aryl methyl sites for hydroxylation is 1. The van der Waals surface area contributed by atoms with E-state index in [9.17, 15) is 0 Å². The molecule has 4 heteroatoms. The molecule has 0 bridgehead atoms. The molecule has 4 nitrogen and oxygen atoms in total. The lowest BCUT2D eigenvalue weighted by atomic mass is 9.78. The monoisotopic (exact) mass is 392 g/mol. The minimum Gasteiger partial charge on any atom is -0.398 e. The number of nitrogens with two attached hydrogens (primary N) is 1. The molecule has 0 amide bonds. The second-order valence-corrected chi connectivity index (χ2v) is 8.57. The normalized spacial score (nSPS) is 20.0. The summed E-state index contributed by atoms with van der Waals surface area (Å²) in [6.07, 6.45) is 11.4. The average molecular weight is 393 g/mol. The van der Waals surface area contributed by atoms with E-state index >= 15 is 0 Å². The van der Waals surface area contributed by atoms with Crippen LogP contribution in [-0.4, -0.2) is 39.4 Å². The Morgan fingerprint density at radius 3 is 2.66 bits per heavy atom. The first-order chi connectivity index (χ1) is 14.0. The van der Waals surface area contributed by atoms with Crippen LogP contribution in [0, 0.1) is 5.41 Å². The van der Waals surface area contributed by atoms with E-state index < -0.39 is 0 Å². The molecule has 3 rings (SSSR count). The van der Waals surface area contributed by atoms with E-state index in [1.807, 2.05) is 12.2 Å². The molecule has 29 heavy (non-hydrogen) atoms. The molecular formula is C25H36N4. The smallest absolute Gasteiger partial charge is 0.0370 e. The summed E-state index contributed by atoms with van der Waals surface area (Å²) in [5, 5.41) is 3.50. The number of nitrogens with one attached hydrogen (secondary N) is 1. The molecule has 3 N–H and O–H groups in total. The van der Waals surface area contributed by atoms with Gasteiger partial charge in [0.2, 0.25) is 0 Å². The lowest BCUT2D eigenvalue weighted by molar-refractivity contribution is 0.232. The lowest BCUT2D eigenvalue weighted by Gasteiger charge is -2.34. The Kier molecular flexibility index (Phi) is 7.32. The van der Waals surface area contributed by atoms with Crippen LogP contribution >= 0.6 is 0 Å². The minimum atomic E-state index is 0.545. The van der Waals surface area contributed by atoms with Crippen molar-refractivity contribution in [1.82, 2.24) is 5.32 Å². The number of hydrogen-bond acceptors (Lipinski definition) is 4. The summed E-state index contributed by atoms with van der Waals surface area (Å²) < 4.78 is 0. The number of rotatable bonds is 7. The van der Waals surface area contributed by atoms with E-state index in [4.69, 9.17) is 5.73 Å². The fourth-order valence-corrected chi connectivity index (χ4v) is 4.47. The van der Waals surface area contributed by atoms with Crippen molar-refractivity contribution < 1.29 is 0 Å². The van der Waals surface area contributed by atoms with Crippen molar-refractivity contribution in [3.8, 4) is 0 Å². The quantitative estimate of drug-likeness (QED) is 0.539. The lowest BCUT2D eigenvalue weighted by Crippen LogP contribution is -2.38. The maximum absolute atomic E-state index is 6.26. The molecule has 2 aliphatic heterocycles. The summed E-state index contributed by atoms with van der Waals surface area (Å²) in [5.41, 5.74) is 12.3. The van der Waals surface area contributed by atoms with Crippen molar-refractivity contribution in [2.75, 3.05) is 38.1 Å². The Labute approximate surface area is 176 Å². The molecule has 0 aromatic heterocycles. The Bertz CT molecular complexity index is 780. The molecule has 0 radical (unpaired) electrons. The molecule has 0 atom stereocenters.